The molecule has 2 aromatic rings. The van der Waals surface area contributed by atoms with Crippen LogP contribution in [-0.4, -0.2) is 19.7 Å². The first-order valence-corrected chi connectivity index (χ1v) is 7.83. The topological polar surface area (TPSA) is 35.5 Å². The van der Waals surface area contributed by atoms with E-state index in [1.165, 1.54) is 11.1 Å². The molecule has 0 aliphatic heterocycles. The van der Waals surface area contributed by atoms with Gasteiger partial charge in [-0.25, -0.2) is 0 Å². The first-order valence-electron chi connectivity index (χ1n) is 7.83. The average Bonchev–Trinajstić information content (AvgIpc) is 2.94. The summed E-state index contributed by atoms with van der Waals surface area (Å²) < 4.78 is 10.4. The zero-order chi connectivity index (χ0) is 16.2. The minimum Gasteiger partial charge on any atom is -0.497 e. The van der Waals surface area contributed by atoms with E-state index in [0.717, 1.165) is 16.9 Å². The molecule has 0 saturated heterocycles. The highest BCUT2D eigenvalue weighted by molar-refractivity contribution is 5.93. The van der Waals surface area contributed by atoms with Crippen LogP contribution < -0.4 is 4.74 Å². The van der Waals surface area contributed by atoms with Crippen LogP contribution in [0, 0.1) is 0 Å². The van der Waals surface area contributed by atoms with Crippen LogP contribution in [0.2, 0.25) is 0 Å². The molecule has 0 saturated carbocycles. The van der Waals surface area contributed by atoms with Crippen LogP contribution >= 0.6 is 0 Å². The fourth-order valence-corrected chi connectivity index (χ4v) is 3.07. The lowest BCUT2D eigenvalue weighted by atomic mass is 9.88. The summed E-state index contributed by atoms with van der Waals surface area (Å²) in [4.78, 5) is 12.0. The monoisotopic (exact) mass is 308 g/mol. The van der Waals surface area contributed by atoms with Crippen LogP contribution in [0.1, 0.15) is 36.0 Å². The molecule has 0 fully saturated rings. The lowest BCUT2D eigenvalue weighted by Crippen LogP contribution is -2.10. The molecular weight excluding hydrogens is 288 g/mol. The Kier molecular flexibility index (Phi) is 4.47. The smallest absolute Gasteiger partial charge is 0.306 e. The van der Waals surface area contributed by atoms with Crippen LogP contribution in [0.25, 0.3) is 11.6 Å². The fourth-order valence-electron chi connectivity index (χ4n) is 3.07. The van der Waals surface area contributed by atoms with Gasteiger partial charge in [-0.1, -0.05) is 42.5 Å². The van der Waals surface area contributed by atoms with Gasteiger partial charge in [0.05, 0.1) is 20.1 Å². The molecule has 0 spiro atoms. The third kappa shape index (κ3) is 3.14. The molecule has 0 heterocycles. The highest BCUT2D eigenvalue weighted by Crippen LogP contribution is 2.44. The number of fused-ring (bicyclic) bond motifs is 1. The normalized spacial score (nSPS) is 15.7. The fraction of sp³-hybridized carbons (Fsp3) is 0.250. The molecule has 1 aliphatic rings. The van der Waals surface area contributed by atoms with E-state index >= 15 is 0 Å². The number of hydrogen-bond acceptors (Lipinski definition) is 3. The Bertz CT molecular complexity index is 729. The first kappa shape index (κ1) is 15.3. The van der Waals surface area contributed by atoms with Crippen molar-refractivity contribution in [3.05, 3.63) is 65.2 Å². The van der Waals surface area contributed by atoms with Crippen molar-refractivity contribution in [1.82, 2.24) is 0 Å². The Morgan fingerprint density at radius 1 is 1.09 bits per heavy atom. The second kappa shape index (κ2) is 6.69. The van der Waals surface area contributed by atoms with Crippen molar-refractivity contribution >= 4 is 17.6 Å². The van der Waals surface area contributed by atoms with E-state index in [0.29, 0.717) is 13.0 Å². The average molecular weight is 308 g/mol. The van der Waals surface area contributed by atoms with Crippen LogP contribution in [0.15, 0.2) is 48.5 Å². The van der Waals surface area contributed by atoms with Crippen molar-refractivity contribution in [1.29, 1.82) is 0 Å². The van der Waals surface area contributed by atoms with Gasteiger partial charge in [0.2, 0.25) is 0 Å². The molecule has 1 atom stereocenters. The Morgan fingerprint density at radius 2 is 1.83 bits per heavy atom. The highest BCUT2D eigenvalue weighted by Gasteiger charge is 2.28. The molecule has 0 aromatic heterocycles. The van der Waals surface area contributed by atoms with Gasteiger partial charge in [-0.05, 0) is 41.3 Å². The molecule has 2 aromatic carbocycles. The van der Waals surface area contributed by atoms with E-state index in [1.54, 1.807) is 7.11 Å². The van der Waals surface area contributed by atoms with Gasteiger partial charge in [0.25, 0.3) is 0 Å². The molecule has 23 heavy (non-hydrogen) atoms. The number of ether oxygens (including phenoxy) is 2. The molecule has 0 N–H and O–H groups in total. The van der Waals surface area contributed by atoms with Gasteiger partial charge in [0, 0.05) is 5.92 Å². The van der Waals surface area contributed by atoms with Crippen molar-refractivity contribution in [2.45, 2.75) is 19.3 Å². The number of hydrogen-bond donors (Lipinski definition) is 0. The molecule has 0 bridgehead atoms. The SMILES string of the molecule is CCOC(=O)CC1C(c2ccc(OC)cc2)=Cc2ccccc21. The molecule has 1 aliphatic carbocycles. The molecule has 0 radical (unpaired) electrons. The van der Waals surface area contributed by atoms with Crippen LogP contribution in [-0.2, 0) is 9.53 Å². The van der Waals surface area contributed by atoms with Gasteiger partial charge in [0.15, 0.2) is 0 Å². The maximum absolute atomic E-state index is 12.0. The number of carbonyl (C=O) groups is 1. The summed E-state index contributed by atoms with van der Waals surface area (Å²) in [5.74, 6) is 0.707. The molecule has 3 heteroatoms. The third-order valence-corrected chi connectivity index (χ3v) is 4.16. The number of esters is 1. The molecule has 3 rings (SSSR count). The van der Waals surface area contributed by atoms with Gasteiger partial charge in [-0.15, -0.1) is 0 Å². The van der Waals surface area contributed by atoms with E-state index in [-0.39, 0.29) is 11.9 Å². The molecule has 3 nitrogen and oxygen atoms in total. The Morgan fingerprint density at radius 3 is 2.52 bits per heavy atom. The maximum atomic E-state index is 12.0. The lowest BCUT2D eigenvalue weighted by Gasteiger charge is -2.16. The zero-order valence-corrected chi connectivity index (χ0v) is 13.4. The number of carbonyl (C=O) groups excluding carboxylic acids is 1. The van der Waals surface area contributed by atoms with E-state index < -0.39 is 0 Å². The minimum atomic E-state index is -0.159. The summed E-state index contributed by atoms with van der Waals surface area (Å²) in [6.07, 6.45) is 2.53. The molecule has 0 amide bonds. The van der Waals surface area contributed by atoms with Gasteiger partial charge in [-0.3, -0.25) is 4.79 Å². The van der Waals surface area contributed by atoms with Gasteiger partial charge in [0.1, 0.15) is 5.75 Å². The van der Waals surface area contributed by atoms with E-state index in [4.69, 9.17) is 9.47 Å². The van der Waals surface area contributed by atoms with Crippen LogP contribution in [0.3, 0.4) is 0 Å². The van der Waals surface area contributed by atoms with Crippen molar-refractivity contribution in [2.24, 2.45) is 0 Å². The van der Waals surface area contributed by atoms with Gasteiger partial charge >= 0.3 is 5.97 Å². The minimum absolute atomic E-state index is 0.0404. The quantitative estimate of drug-likeness (QED) is 0.773. The Hall–Kier alpha value is -2.55. The van der Waals surface area contributed by atoms with Crippen LogP contribution in [0.4, 0.5) is 0 Å². The summed E-state index contributed by atoms with van der Waals surface area (Å²) in [5, 5.41) is 0. The summed E-state index contributed by atoms with van der Waals surface area (Å²) in [5.41, 5.74) is 4.62. The van der Waals surface area contributed by atoms with Gasteiger partial charge < -0.3 is 9.47 Å². The summed E-state index contributed by atoms with van der Waals surface area (Å²) >= 11 is 0. The summed E-state index contributed by atoms with van der Waals surface area (Å²) in [6.45, 7) is 2.25. The van der Waals surface area contributed by atoms with Crippen molar-refractivity contribution in [3.63, 3.8) is 0 Å². The van der Waals surface area contributed by atoms with E-state index in [1.807, 2.05) is 43.3 Å². The second-order valence-electron chi connectivity index (χ2n) is 5.52. The number of allylic oxidation sites excluding steroid dienone is 1. The Labute approximate surface area is 136 Å². The predicted molar refractivity (Wildman–Crippen MR) is 91.3 cm³/mol. The third-order valence-electron chi connectivity index (χ3n) is 4.16. The highest BCUT2D eigenvalue weighted by atomic mass is 16.5. The molecule has 1 unspecified atom stereocenters. The molecule has 118 valence electrons. The largest absolute Gasteiger partial charge is 0.497 e. The van der Waals surface area contributed by atoms with Crippen molar-refractivity contribution < 1.29 is 14.3 Å². The zero-order valence-electron chi connectivity index (χ0n) is 13.4. The standard InChI is InChI=1S/C20H20O3/c1-3-23-20(21)13-19-17-7-5-4-6-15(17)12-18(19)14-8-10-16(22-2)11-9-14/h4-12,19H,3,13H2,1-2H3. The van der Waals surface area contributed by atoms with Crippen molar-refractivity contribution in [3.8, 4) is 5.75 Å². The number of methoxy groups -OCH3 is 1. The summed E-state index contributed by atoms with van der Waals surface area (Å²) in [6, 6.07) is 16.2. The van der Waals surface area contributed by atoms with Gasteiger partial charge in [-0.2, -0.15) is 0 Å². The van der Waals surface area contributed by atoms with E-state index in [2.05, 4.69) is 18.2 Å². The maximum Gasteiger partial charge on any atom is 0.306 e. The van der Waals surface area contributed by atoms with Crippen molar-refractivity contribution in [2.75, 3.05) is 13.7 Å². The Balaban J connectivity index is 1.94. The summed E-state index contributed by atoms with van der Waals surface area (Å²) in [7, 11) is 1.66. The number of benzene rings is 2. The van der Waals surface area contributed by atoms with E-state index in [9.17, 15) is 4.79 Å². The number of rotatable bonds is 5. The predicted octanol–water partition coefficient (Wildman–Crippen LogP) is 4.29. The van der Waals surface area contributed by atoms with Crippen LogP contribution in [0.5, 0.6) is 5.75 Å². The molecular formula is C20H20O3. The lowest BCUT2D eigenvalue weighted by molar-refractivity contribution is -0.143. The second-order valence-corrected chi connectivity index (χ2v) is 5.52. The first-order chi connectivity index (χ1) is 11.2.